The Balaban J connectivity index is 2.20. The third-order valence-corrected chi connectivity index (χ3v) is 3.98. The maximum atomic E-state index is 9.44. The molecule has 0 unspecified atom stereocenters. The molecular formula is C19H15ClN3+. The highest BCUT2D eigenvalue weighted by atomic mass is 35.5. The van der Waals surface area contributed by atoms with Crippen LogP contribution in [0.2, 0.25) is 5.02 Å². The van der Waals surface area contributed by atoms with E-state index in [9.17, 15) is 5.26 Å². The molecule has 0 aliphatic carbocycles. The number of halogens is 1. The third kappa shape index (κ3) is 3.03. The van der Waals surface area contributed by atoms with Crippen molar-refractivity contribution in [2.45, 2.75) is 6.92 Å². The lowest BCUT2D eigenvalue weighted by Gasteiger charge is -2.08. The van der Waals surface area contributed by atoms with Crippen molar-refractivity contribution in [3.63, 3.8) is 0 Å². The predicted octanol–water partition coefficient (Wildman–Crippen LogP) is 4.25. The van der Waals surface area contributed by atoms with E-state index in [1.54, 1.807) is 12.1 Å². The quantitative estimate of drug-likeness (QED) is 0.767. The van der Waals surface area contributed by atoms with Crippen LogP contribution in [0.3, 0.4) is 0 Å². The fraction of sp³-hybridized carbons (Fsp3) is 0.0526. The highest BCUT2D eigenvalue weighted by Crippen LogP contribution is 2.29. The number of anilines is 1. The van der Waals surface area contributed by atoms with Crippen LogP contribution in [0.15, 0.2) is 54.6 Å². The SMILES string of the molecule is Cc1ccc(-c2cc(-c3ccc(Cl)cc3)c(C#N)c(N)[nH+]2)cc1. The number of nitrogen functional groups attached to an aromatic ring is 1. The highest BCUT2D eigenvalue weighted by Gasteiger charge is 2.17. The van der Waals surface area contributed by atoms with Gasteiger partial charge in [-0.05, 0) is 30.7 Å². The van der Waals surface area contributed by atoms with Crippen LogP contribution in [-0.4, -0.2) is 0 Å². The van der Waals surface area contributed by atoms with Gasteiger partial charge in [0.25, 0.3) is 5.82 Å². The zero-order valence-electron chi connectivity index (χ0n) is 12.6. The number of benzene rings is 2. The molecule has 0 aliphatic heterocycles. The summed E-state index contributed by atoms with van der Waals surface area (Å²) in [5.74, 6) is 0.357. The van der Waals surface area contributed by atoms with E-state index >= 15 is 0 Å². The van der Waals surface area contributed by atoms with Gasteiger partial charge in [0, 0.05) is 16.1 Å². The van der Waals surface area contributed by atoms with Crippen molar-refractivity contribution in [2.75, 3.05) is 5.73 Å². The number of aryl methyl sites for hydroxylation is 1. The van der Waals surface area contributed by atoms with Crippen molar-refractivity contribution >= 4 is 17.4 Å². The molecule has 2 aromatic carbocycles. The second-order valence-corrected chi connectivity index (χ2v) is 5.81. The maximum Gasteiger partial charge on any atom is 0.289 e. The van der Waals surface area contributed by atoms with E-state index < -0.39 is 0 Å². The molecule has 23 heavy (non-hydrogen) atoms. The number of hydrogen-bond donors (Lipinski definition) is 1. The summed E-state index contributed by atoms with van der Waals surface area (Å²) in [5.41, 5.74) is 11.3. The number of aromatic amines is 1. The molecule has 3 N–H and O–H groups in total. The monoisotopic (exact) mass is 320 g/mol. The number of hydrogen-bond acceptors (Lipinski definition) is 2. The molecule has 0 spiro atoms. The number of nitrogens with two attached hydrogens (primary N) is 1. The molecule has 3 rings (SSSR count). The van der Waals surface area contributed by atoms with Crippen molar-refractivity contribution in [1.82, 2.24) is 0 Å². The molecule has 0 aliphatic rings. The fourth-order valence-corrected chi connectivity index (χ4v) is 2.60. The number of aromatic nitrogens is 1. The van der Waals surface area contributed by atoms with Crippen LogP contribution in [0, 0.1) is 18.3 Å². The summed E-state index contributed by atoms with van der Waals surface area (Å²) >= 11 is 5.95. The first-order valence-corrected chi connectivity index (χ1v) is 7.55. The molecule has 0 fully saturated rings. The first kappa shape index (κ1) is 15.1. The molecule has 3 aromatic rings. The highest BCUT2D eigenvalue weighted by molar-refractivity contribution is 6.30. The molecule has 0 saturated heterocycles. The van der Waals surface area contributed by atoms with Crippen LogP contribution in [0.5, 0.6) is 0 Å². The van der Waals surface area contributed by atoms with E-state index in [-0.39, 0.29) is 0 Å². The molecule has 0 saturated carbocycles. The Bertz CT molecular complexity index is 892. The number of pyridine rings is 1. The van der Waals surface area contributed by atoms with Gasteiger partial charge in [0.1, 0.15) is 17.3 Å². The summed E-state index contributed by atoms with van der Waals surface area (Å²) in [6.07, 6.45) is 0. The second kappa shape index (κ2) is 6.12. The molecule has 0 radical (unpaired) electrons. The standard InChI is InChI=1S/C19H14ClN3/c1-12-2-4-14(5-3-12)18-10-16(17(11-21)19(22)23-18)13-6-8-15(20)9-7-13/h2-10H,1H3,(H2,22,23)/p+1. The van der Waals surface area contributed by atoms with Gasteiger partial charge in [0.15, 0.2) is 0 Å². The Morgan fingerprint density at radius 2 is 1.61 bits per heavy atom. The van der Waals surface area contributed by atoms with Crippen LogP contribution in [-0.2, 0) is 0 Å². The zero-order valence-corrected chi connectivity index (χ0v) is 13.4. The number of H-pyrrole nitrogens is 1. The summed E-state index contributed by atoms with van der Waals surface area (Å²) in [4.78, 5) is 3.11. The van der Waals surface area contributed by atoms with Crippen LogP contribution in [0.1, 0.15) is 11.1 Å². The molecule has 112 valence electrons. The van der Waals surface area contributed by atoms with E-state index in [1.165, 1.54) is 5.56 Å². The Morgan fingerprint density at radius 1 is 1.00 bits per heavy atom. The van der Waals surface area contributed by atoms with E-state index in [2.05, 4.69) is 11.1 Å². The van der Waals surface area contributed by atoms with Crippen molar-refractivity contribution in [2.24, 2.45) is 0 Å². The Labute approximate surface area is 140 Å². The molecule has 0 amide bonds. The van der Waals surface area contributed by atoms with Crippen LogP contribution < -0.4 is 10.7 Å². The van der Waals surface area contributed by atoms with E-state index in [0.29, 0.717) is 16.4 Å². The number of nitrogens with zero attached hydrogens (tertiary/aromatic N) is 1. The first-order valence-electron chi connectivity index (χ1n) is 7.17. The molecule has 3 nitrogen and oxygen atoms in total. The minimum Gasteiger partial charge on any atom is -0.286 e. The van der Waals surface area contributed by atoms with Gasteiger partial charge in [0.2, 0.25) is 0 Å². The number of rotatable bonds is 2. The summed E-state index contributed by atoms with van der Waals surface area (Å²) in [7, 11) is 0. The molecule has 0 bridgehead atoms. The van der Waals surface area contributed by atoms with E-state index in [1.807, 2.05) is 49.4 Å². The minimum atomic E-state index is 0.357. The van der Waals surface area contributed by atoms with Crippen molar-refractivity contribution < 1.29 is 4.98 Å². The lowest BCUT2D eigenvalue weighted by atomic mass is 9.98. The Kier molecular flexibility index (Phi) is 4.01. The summed E-state index contributed by atoms with van der Waals surface area (Å²) in [6, 6.07) is 19.6. The van der Waals surface area contributed by atoms with Gasteiger partial charge >= 0.3 is 0 Å². The molecule has 0 atom stereocenters. The van der Waals surface area contributed by atoms with Gasteiger partial charge in [-0.3, -0.25) is 5.73 Å². The van der Waals surface area contributed by atoms with Gasteiger partial charge in [-0.2, -0.15) is 5.26 Å². The summed E-state index contributed by atoms with van der Waals surface area (Å²) in [6.45, 7) is 2.04. The predicted molar refractivity (Wildman–Crippen MR) is 92.7 cm³/mol. The average molecular weight is 321 g/mol. The van der Waals surface area contributed by atoms with Gasteiger partial charge < -0.3 is 0 Å². The molecular weight excluding hydrogens is 306 g/mol. The van der Waals surface area contributed by atoms with E-state index in [4.69, 9.17) is 17.3 Å². The Morgan fingerprint density at radius 3 is 2.22 bits per heavy atom. The summed E-state index contributed by atoms with van der Waals surface area (Å²) in [5, 5.41) is 10.1. The van der Waals surface area contributed by atoms with Gasteiger partial charge in [-0.1, -0.05) is 53.6 Å². The van der Waals surface area contributed by atoms with Crippen molar-refractivity contribution in [3.05, 3.63) is 70.7 Å². The fourth-order valence-electron chi connectivity index (χ4n) is 2.47. The largest absolute Gasteiger partial charge is 0.289 e. The van der Waals surface area contributed by atoms with Crippen molar-refractivity contribution in [3.8, 4) is 28.5 Å². The van der Waals surface area contributed by atoms with Crippen molar-refractivity contribution in [1.29, 1.82) is 5.26 Å². The van der Waals surface area contributed by atoms with Crippen LogP contribution in [0.25, 0.3) is 22.4 Å². The number of nitrogens with one attached hydrogen (secondary N) is 1. The minimum absolute atomic E-state index is 0.357. The van der Waals surface area contributed by atoms with Gasteiger partial charge in [0.05, 0.1) is 0 Å². The molecule has 1 aromatic heterocycles. The smallest absolute Gasteiger partial charge is 0.286 e. The number of nitriles is 1. The van der Waals surface area contributed by atoms with Crippen LogP contribution >= 0.6 is 11.6 Å². The topological polar surface area (TPSA) is 64.0 Å². The maximum absolute atomic E-state index is 9.44. The van der Waals surface area contributed by atoms with Crippen LogP contribution in [0.4, 0.5) is 5.82 Å². The first-order chi connectivity index (χ1) is 11.1. The zero-order chi connectivity index (χ0) is 16.4. The van der Waals surface area contributed by atoms with Gasteiger partial charge in [-0.25, -0.2) is 4.98 Å². The summed E-state index contributed by atoms with van der Waals surface area (Å²) < 4.78 is 0. The third-order valence-electron chi connectivity index (χ3n) is 3.73. The molecule has 4 heteroatoms. The lowest BCUT2D eigenvalue weighted by molar-refractivity contribution is -0.346. The normalized spacial score (nSPS) is 10.3. The second-order valence-electron chi connectivity index (χ2n) is 5.37. The lowest BCUT2D eigenvalue weighted by Crippen LogP contribution is -2.16. The molecule has 1 heterocycles. The Hall–Kier alpha value is -2.83. The van der Waals surface area contributed by atoms with E-state index in [0.717, 1.165) is 22.4 Å². The van der Waals surface area contributed by atoms with Gasteiger partial charge in [-0.15, -0.1) is 0 Å². The average Bonchev–Trinajstić information content (AvgIpc) is 2.55.